The Labute approximate surface area is 235 Å². The number of aromatic amines is 1. The van der Waals surface area contributed by atoms with E-state index in [-0.39, 0.29) is 18.0 Å². The number of nitrogens with one attached hydrogen (secondary N) is 3. The Morgan fingerprint density at radius 1 is 1.13 bits per heavy atom. The van der Waals surface area contributed by atoms with Crippen molar-refractivity contribution < 1.29 is 4.79 Å². The van der Waals surface area contributed by atoms with E-state index in [4.69, 9.17) is 16.6 Å². The topological polar surface area (TPSA) is 92.4 Å². The van der Waals surface area contributed by atoms with Gasteiger partial charge in [-0.25, -0.2) is 9.97 Å². The van der Waals surface area contributed by atoms with Gasteiger partial charge in [-0.2, -0.15) is 0 Å². The minimum Gasteiger partial charge on any atom is -0.360 e. The second-order valence-electron chi connectivity index (χ2n) is 11.3. The number of para-hydroxylation sites is 1. The van der Waals surface area contributed by atoms with Gasteiger partial charge < -0.3 is 25.4 Å². The van der Waals surface area contributed by atoms with Crippen molar-refractivity contribution in [3.05, 3.63) is 41.7 Å². The molecule has 0 bridgehead atoms. The van der Waals surface area contributed by atoms with Crippen molar-refractivity contribution in [1.82, 2.24) is 35.0 Å². The third kappa shape index (κ3) is 5.91. The molecule has 3 aliphatic rings. The van der Waals surface area contributed by atoms with Crippen molar-refractivity contribution >= 4 is 34.4 Å². The highest BCUT2D eigenvalue weighted by atomic mass is 35.5. The maximum absolute atomic E-state index is 13.4. The number of benzene rings is 1. The molecule has 10 heteroatoms. The van der Waals surface area contributed by atoms with Crippen LogP contribution < -0.4 is 10.6 Å². The number of halogens is 1. The molecule has 0 saturated carbocycles. The van der Waals surface area contributed by atoms with E-state index in [0.717, 1.165) is 88.1 Å². The van der Waals surface area contributed by atoms with Crippen molar-refractivity contribution in [3.63, 3.8) is 0 Å². The smallest absolute Gasteiger partial charge is 0.239 e. The molecule has 9 nitrogen and oxygen atoms in total. The summed E-state index contributed by atoms with van der Waals surface area (Å²) >= 11 is 6.51. The average molecular weight is 551 g/mol. The second-order valence-corrected chi connectivity index (χ2v) is 11.7. The van der Waals surface area contributed by atoms with Gasteiger partial charge >= 0.3 is 0 Å². The van der Waals surface area contributed by atoms with Crippen LogP contribution in [0, 0.1) is 5.92 Å². The lowest BCUT2D eigenvalue weighted by atomic mass is 9.95. The van der Waals surface area contributed by atoms with Gasteiger partial charge in [0, 0.05) is 87.6 Å². The van der Waals surface area contributed by atoms with E-state index in [1.54, 1.807) is 6.20 Å². The molecule has 3 saturated heterocycles. The molecule has 2 atom stereocenters. The van der Waals surface area contributed by atoms with Crippen LogP contribution in [0.5, 0.6) is 0 Å². The first kappa shape index (κ1) is 26.5. The lowest BCUT2D eigenvalue weighted by Gasteiger charge is -2.38. The highest BCUT2D eigenvalue weighted by Crippen LogP contribution is 2.32. The first-order valence-corrected chi connectivity index (χ1v) is 14.7. The molecule has 3 N–H and O–H groups in total. The summed E-state index contributed by atoms with van der Waals surface area (Å²) < 4.78 is 0. The molecule has 39 heavy (non-hydrogen) atoms. The van der Waals surface area contributed by atoms with Crippen LogP contribution in [0.3, 0.4) is 0 Å². The van der Waals surface area contributed by atoms with Crippen molar-refractivity contribution in [1.29, 1.82) is 0 Å². The Balaban J connectivity index is 1.02. The fraction of sp³-hybridized carbons (Fsp3) is 0.552. The third-order valence-corrected chi connectivity index (χ3v) is 8.98. The van der Waals surface area contributed by atoms with E-state index in [1.807, 2.05) is 24.4 Å². The molecule has 6 rings (SSSR count). The fourth-order valence-corrected chi connectivity index (χ4v) is 6.54. The number of rotatable bonds is 7. The van der Waals surface area contributed by atoms with E-state index in [0.29, 0.717) is 22.6 Å². The molecule has 3 aliphatic heterocycles. The number of nitrogens with zero attached hydrogens (tertiary/aromatic N) is 5. The van der Waals surface area contributed by atoms with E-state index >= 15 is 0 Å². The molecule has 3 aromatic rings. The Kier molecular flexibility index (Phi) is 8.02. The lowest BCUT2D eigenvalue weighted by molar-refractivity contribution is -0.137. The standard InChI is InChI=1S/C29H39ClN8O/c1-20(28(39)37-11-6-21(7-12-37)18-36-14-9-31-10-15-36)38-13-8-22(19-38)34-29-33-17-25(30)27(35-29)24-16-32-26-5-3-2-4-23(24)26/h2-5,16-17,20-22,31-32H,6-15,18-19H2,1H3,(H,33,34,35). The molecule has 1 aromatic carbocycles. The number of fused-ring (bicyclic) bond motifs is 1. The number of amides is 1. The zero-order valence-corrected chi connectivity index (χ0v) is 23.5. The van der Waals surface area contributed by atoms with E-state index in [9.17, 15) is 4.79 Å². The molecular weight excluding hydrogens is 512 g/mol. The van der Waals surface area contributed by atoms with Crippen molar-refractivity contribution in [2.75, 3.05) is 64.2 Å². The Hall–Kier alpha value is -2.72. The molecule has 1 amide bonds. The Morgan fingerprint density at radius 2 is 1.92 bits per heavy atom. The van der Waals surface area contributed by atoms with Crippen molar-refractivity contribution in [2.24, 2.45) is 5.92 Å². The van der Waals surface area contributed by atoms with Crippen LogP contribution in [0.2, 0.25) is 5.02 Å². The summed E-state index contributed by atoms with van der Waals surface area (Å²) in [4.78, 5) is 32.9. The quantitative estimate of drug-likeness (QED) is 0.416. The van der Waals surface area contributed by atoms with Crippen LogP contribution in [0.4, 0.5) is 5.95 Å². The number of hydrogen-bond acceptors (Lipinski definition) is 7. The average Bonchev–Trinajstić information content (AvgIpc) is 3.62. The monoisotopic (exact) mass is 550 g/mol. The van der Waals surface area contributed by atoms with Gasteiger partial charge in [0.1, 0.15) is 0 Å². The van der Waals surface area contributed by atoms with Crippen LogP contribution in [-0.2, 0) is 4.79 Å². The molecule has 5 heterocycles. The number of H-pyrrole nitrogens is 1. The predicted octanol–water partition coefficient (Wildman–Crippen LogP) is 3.30. The van der Waals surface area contributed by atoms with E-state index in [1.165, 1.54) is 6.54 Å². The number of likely N-dealkylation sites (tertiary alicyclic amines) is 2. The van der Waals surface area contributed by atoms with Gasteiger partial charge in [-0.05, 0) is 38.2 Å². The number of hydrogen-bond donors (Lipinski definition) is 3. The number of anilines is 1. The van der Waals surface area contributed by atoms with Gasteiger partial charge in [-0.3, -0.25) is 9.69 Å². The lowest BCUT2D eigenvalue weighted by Crippen LogP contribution is -2.51. The molecule has 2 unspecified atom stereocenters. The number of carbonyl (C=O) groups excluding carboxylic acids is 1. The second kappa shape index (κ2) is 11.8. The fourth-order valence-electron chi connectivity index (χ4n) is 6.35. The number of aromatic nitrogens is 3. The third-order valence-electron chi connectivity index (χ3n) is 8.70. The molecule has 0 spiro atoms. The molecule has 208 valence electrons. The summed E-state index contributed by atoms with van der Waals surface area (Å²) in [6, 6.07) is 8.19. The van der Waals surface area contributed by atoms with Crippen LogP contribution >= 0.6 is 11.6 Å². The summed E-state index contributed by atoms with van der Waals surface area (Å²) in [5.74, 6) is 1.54. The van der Waals surface area contributed by atoms with Gasteiger partial charge in [-0.15, -0.1) is 0 Å². The summed E-state index contributed by atoms with van der Waals surface area (Å²) in [5.41, 5.74) is 2.72. The first-order chi connectivity index (χ1) is 19.0. The number of carbonyl (C=O) groups is 1. The summed E-state index contributed by atoms with van der Waals surface area (Å²) in [5, 5.41) is 8.53. The van der Waals surface area contributed by atoms with Crippen LogP contribution in [0.25, 0.3) is 22.2 Å². The Morgan fingerprint density at radius 3 is 2.74 bits per heavy atom. The van der Waals surface area contributed by atoms with Crippen LogP contribution in [0.1, 0.15) is 26.2 Å². The van der Waals surface area contributed by atoms with Gasteiger partial charge in [0.15, 0.2) is 0 Å². The molecular formula is C29H39ClN8O. The van der Waals surface area contributed by atoms with Gasteiger partial charge in [-0.1, -0.05) is 29.8 Å². The highest BCUT2D eigenvalue weighted by Gasteiger charge is 2.34. The van der Waals surface area contributed by atoms with Gasteiger partial charge in [0.25, 0.3) is 0 Å². The molecule has 2 aromatic heterocycles. The van der Waals surface area contributed by atoms with Gasteiger partial charge in [0.2, 0.25) is 11.9 Å². The number of piperidine rings is 1. The minimum absolute atomic E-state index is 0.116. The number of piperazine rings is 1. The summed E-state index contributed by atoms with van der Waals surface area (Å²) in [6.45, 7) is 11.1. The van der Waals surface area contributed by atoms with E-state index in [2.05, 4.69) is 48.3 Å². The van der Waals surface area contributed by atoms with Crippen molar-refractivity contribution in [2.45, 2.75) is 38.3 Å². The summed E-state index contributed by atoms with van der Waals surface area (Å²) in [7, 11) is 0. The van der Waals surface area contributed by atoms with Crippen LogP contribution in [-0.4, -0.2) is 107 Å². The molecule has 0 aliphatic carbocycles. The Bertz CT molecular complexity index is 1280. The SMILES string of the molecule is CC(C(=O)N1CCC(CN2CCNCC2)CC1)N1CCC(Nc2ncc(Cl)c(-c3c[nH]c4ccccc34)n2)C1. The van der Waals surface area contributed by atoms with Crippen molar-refractivity contribution in [3.8, 4) is 11.3 Å². The zero-order valence-electron chi connectivity index (χ0n) is 22.7. The summed E-state index contributed by atoms with van der Waals surface area (Å²) in [6.07, 6.45) is 6.77. The zero-order chi connectivity index (χ0) is 26.8. The molecule has 0 radical (unpaired) electrons. The maximum Gasteiger partial charge on any atom is 0.239 e. The largest absolute Gasteiger partial charge is 0.360 e. The maximum atomic E-state index is 13.4. The van der Waals surface area contributed by atoms with Gasteiger partial charge in [0.05, 0.1) is 23.0 Å². The minimum atomic E-state index is -0.116. The molecule has 3 fully saturated rings. The van der Waals surface area contributed by atoms with E-state index < -0.39 is 0 Å². The predicted molar refractivity (Wildman–Crippen MR) is 156 cm³/mol. The highest BCUT2D eigenvalue weighted by molar-refractivity contribution is 6.33. The normalized spacial score (nSPS) is 22.4. The van der Waals surface area contributed by atoms with Crippen LogP contribution in [0.15, 0.2) is 36.7 Å². The first-order valence-electron chi connectivity index (χ1n) is 14.4.